The minimum absolute atomic E-state index is 0.229. The van der Waals surface area contributed by atoms with Gasteiger partial charge in [-0.25, -0.2) is 0 Å². The van der Waals surface area contributed by atoms with Gasteiger partial charge >= 0.3 is 5.97 Å². The van der Waals surface area contributed by atoms with E-state index in [9.17, 15) is 4.79 Å². The number of hydrogen-bond donors (Lipinski definition) is 2. The Morgan fingerprint density at radius 2 is 2.14 bits per heavy atom. The Morgan fingerprint density at radius 1 is 1.50 bits per heavy atom. The number of nitrogens with one attached hydrogen (secondary N) is 1. The summed E-state index contributed by atoms with van der Waals surface area (Å²) in [5.41, 5.74) is 0. The maximum Gasteiger partial charge on any atom is 0.303 e. The lowest BCUT2D eigenvalue weighted by molar-refractivity contribution is -0.137. The van der Waals surface area contributed by atoms with Gasteiger partial charge in [0.2, 0.25) is 0 Å². The van der Waals surface area contributed by atoms with Gasteiger partial charge in [-0.1, -0.05) is 6.92 Å². The van der Waals surface area contributed by atoms with E-state index in [1.807, 2.05) is 6.92 Å². The molecular weight excluding hydrogens is 182 g/mol. The van der Waals surface area contributed by atoms with Crippen LogP contribution in [0.3, 0.4) is 0 Å². The number of methoxy groups -OCH3 is 1. The average molecular weight is 203 g/mol. The fourth-order valence-corrected chi connectivity index (χ4v) is 1.19. The van der Waals surface area contributed by atoms with Crippen molar-refractivity contribution in [3.8, 4) is 0 Å². The Morgan fingerprint density at radius 3 is 2.64 bits per heavy atom. The van der Waals surface area contributed by atoms with Gasteiger partial charge in [0.1, 0.15) is 0 Å². The van der Waals surface area contributed by atoms with Crippen molar-refractivity contribution < 1.29 is 14.6 Å². The minimum Gasteiger partial charge on any atom is -0.481 e. The van der Waals surface area contributed by atoms with Crippen molar-refractivity contribution in [2.45, 2.75) is 32.7 Å². The molecule has 0 fully saturated rings. The van der Waals surface area contributed by atoms with E-state index in [0.717, 1.165) is 13.2 Å². The van der Waals surface area contributed by atoms with E-state index >= 15 is 0 Å². The maximum absolute atomic E-state index is 10.3. The molecule has 0 bridgehead atoms. The normalized spacial score (nSPS) is 15.1. The Kier molecular flexibility index (Phi) is 7.42. The molecule has 84 valence electrons. The molecule has 0 aromatic heterocycles. The van der Waals surface area contributed by atoms with Gasteiger partial charge in [0.15, 0.2) is 0 Å². The largest absolute Gasteiger partial charge is 0.481 e. The molecule has 0 radical (unpaired) electrons. The third-order valence-corrected chi connectivity index (χ3v) is 2.06. The number of ether oxygens (including phenoxy) is 1. The summed E-state index contributed by atoms with van der Waals surface area (Å²) < 4.78 is 5.00. The third-order valence-electron chi connectivity index (χ3n) is 2.06. The predicted octanol–water partition coefficient (Wildman–Crippen LogP) is 1.11. The highest BCUT2D eigenvalue weighted by molar-refractivity contribution is 5.66. The summed E-state index contributed by atoms with van der Waals surface area (Å²) in [4.78, 5) is 10.3. The second-order valence-corrected chi connectivity index (χ2v) is 3.80. The number of carboxylic acid groups (broad SMARTS) is 1. The van der Waals surface area contributed by atoms with Gasteiger partial charge in [-0.15, -0.1) is 0 Å². The van der Waals surface area contributed by atoms with Crippen molar-refractivity contribution in [2.75, 3.05) is 20.3 Å². The smallest absolute Gasteiger partial charge is 0.303 e. The molecule has 0 aromatic carbocycles. The highest BCUT2D eigenvalue weighted by Crippen LogP contribution is 1.98. The molecule has 0 rings (SSSR count). The molecule has 0 aliphatic rings. The SMILES string of the molecule is COCC(C)CNC(C)CCC(=O)O. The summed E-state index contributed by atoms with van der Waals surface area (Å²) in [6.45, 7) is 5.70. The maximum atomic E-state index is 10.3. The van der Waals surface area contributed by atoms with Crippen LogP contribution in [0.2, 0.25) is 0 Å². The molecule has 0 aliphatic carbocycles. The van der Waals surface area contributed by atoms with Gasteiger partial charge in [-0.3, -0.25) is 4.79 Å². The van der Waals surface area contributed by atoms with Crippen LogP contribution in [0.25, 0.3) is 0 Å². The van der Waals surface area contributed by atoms with Gasteiger partial charge in [0, 0.05) is 32.7 Å². The van der Waals surface area contributed by atoms with E-state index in [2.05, 4.69) is 12.2 Å². The number of rotatable bonds is 8. The number of aliphatic carboxylic acids is 1. The van der Waals surface area contributed by atoms with Crippen LogP contribution in [0, 0.1) is 5.92 Å². The predicted molar refractivity (Wildman–Crippen MR) is 55.4 cm³/mol. The molecule has 0 aromatic rings. The van der Waals surface area contributed by atoms with Crippen LogP contribution >= 0.6 is 0 Å². The van der Waals surface area contributed by atoms with Crippen LogP contribution in [0.5, 0.6) is 0 Å². The zero-order valence-corrected chi connectivity index (χ0v) is 9.25. The summed E-state index contributed by atoms with van der Waals surface area (Å²) in [5.74, 6) is -0.268. The highest BCUT2D eigenvalue weighted by Gasteiger charge is 2.06. The van der Waals surface area contributed by atoms with Crippen LogP contribution < -0.4 is 5.32 Å². The fraction of sp³-hybridized carbons (Fsp3) is 0.900. The van der Waals surface area contributed by atoms with Crippen molar-refractivity contribution in [1.29, 1.82) is 0 Å². The first-order chi connectivity index (χ1) is 6.56. The van der Waals surface area contributed by atoms with Crippen LogP contribution in [0.1, 0.15) is 26.7 Å². The quantitative estimate of drug-likeness (QED) is 0.620. The zero-order valence-electron chi connectivity index (χ0n) is 9.25. The average Bonchev–Trinajstić information content (AvgIpc) is 2.12. The van der Waals surface area contributed by atoms with Crippen molar-refractivity contribution in [1.82, 2.24) is 5.32 Å². The van der Waals surface area contributed by atoms with Crippen LogP contribution in [0.15, 0.2) is 0 Å². The van der Waals surface area contributed by atoms with Gasteiger partial charge in [0.25, 0.3) is 0 Å². The van der Waals surface area contributed by atoms with Gasteiger partial charge in [-0.2, -0.15) is 0 Å². The molecular formula is C10H21NO3. The van der Waals surface area contributed by atoms with Gasteiger partial charge in [0.05, 0.1) is 0 Å². The van der Waals surface area contributed by atoms with Crippen molar-refractivity contribution in [2.24, 2.45) is 5.92 Å². The molecule has 4 nitrogen and oxygen atoms in total. The first-order valence-corrected chi connectivity index (χ1v) is 5.00. The molecule has 4 heteroatoms. The van der Waals surface area contributed by atoms with Crippen LogP contribution in [0.4, 0.5) is 0 Å². The van der Waals surface area contributed by atoms with Gasteiger partial charge < -0.3 is 15.2 Å². The van der Waals surface area contributed by atoms with E-state index < -0.39 is 5.97 Å². The van der Waals surface area contributed by atoms with Crippen LogP contribution in [-0.2, 0) is 9.53 Å². The minimum atomic E-state index is -0.733. The summed E-state index contributed by atoms with van der Waals surface area (Å²) in [5, 5.41) is 11.8. The van der Waals surface area contributed by atoms with Crippen LogP contribution in [-0.4, -0.2) is 37.4 Å². The Labute approximate surface area is 85.6 Å². The second-order valence-electron chi connectivity index (χ2n) is 3.80. The fourth-order valence-electron chi connectivity index (χ4n) is 1.19. The topological polar surface area (TPSA) is 58.6 Å². The number of hydrogen-bond acceptors (Lipinski definition) is 3. The lowest BCUT2D eigenvalue weighted by Crippen LogP contribution is -2.32. The first kappa shape index (κ1) is 13.4. The Hall–Kier alpha value is -0.610. The summed E-state index contributed by atoms with van der Waals surface area (Å²) >= 11 is 0. The second kappa shape index (κ2) is 7.76. The van der Waals surface area contributed by atoms with Crippen molar-refractivity contribution in [3.05, 3.63) is 0 Å². The molecule has 0 spiro atoms. The lowest BCUT2D eigenvalue weighted by Gasteiger charge is -2.16. The lowest BCUT2D eigenvalue weighted by atomic mass is 10.1. The standard InChI is InChI=1S/C10H21NO3/c1-8(7-14-3)6-11-9(2)4-5-10(12)13/h8-9,11H,4-7H2,1-3H3,(H,12,13). The van der Waals surface area contributed by atoms with Crippen molar-refractivity contribution in [3.63, 3.8) is 0 Å². The molecule has 0 aliphatic heterocycles. The van der Waals surface area contributed by atoms with E-state index in [4.69, 9.17) is 9.84 Å². The third kappa shape index (κ3) is 8.01. The molecule has 0 saturated heterocycles. The molecule has 0 amide bonds. The molecule has 0 heterocycles. The molecule has 2 atom stereocenters. The van der Waals surface area contributed by atoms with Gasteiger partial charge in [-0.05, 0) is 19.3 Å². The first-order valence-electron chi connectivity index (χ1n) is 5.00. The zero-order chi connectivity index (χ0) is 11.0. The molecule has 14 heavy (non-hydrogen) atoms. The van der Waals surface area contributed by atoms with Crippen molar-refractivity contribution >= 4 is 5.97 Å². The van der Waals surface area contributed by atoms with E-state index in [0.29, 0.717) is 12.3 Å². The highest BCUT2D eigenvalue weighted by atomic mass is 16.5. The number of carboxylic acids is 1. The number of carbonyl (C=O) groups is 1. The monoisotopic (exact) mass is 203 g/mol. The summed E-state index contributed by atoms with van der Waals surface area (Å²) in [7, 11) is 1.68. The molecule has 2 unspecified atom stereocenters. The Bertz CT molecular complexity index is 161. The molecule has 2 N–H and O–H groups in total. The Balaban J connectivity index is 3.42. The molecule has 0 saturated carbocycles. The van der Waals surface area contributed by atoms with E-state index in [-0.39, 0.29) is 12.5 Å². The summed E-state index contributed by atoms with van der Waals surface area (Å²) in [6.07, 6.45) is 0.905. The van der Waals surface area contributed by atoms with E-state index in [1.54, 1.807) is 7.11 Å². The van der Waals surface area contributed by atoms with E-state index in [1.165, 1.54) is 0 Å². The summed E-state index contributed by atoms with van der Waals surface area (Å²) in [6, 6.07) is 0.255.